The molecule has 0 radical (unpaired) electrons. The highest BCUT2D eigenvalue weighted by molar-refractivity contribution is 7.22. The van der Waals surface area contributed by atoms with Gasteiger partial charge in [0.1, 0.15) is 0 Å². The van der Waals surface area contributed by atoms with E-state index in [-0.39, 0.29) is 0 Å². The number of aromatic nitrogens is 1. The highest BCUT2D eigenvalue weighted by Gasteiger charge is 2.17. The number of nitrogens with zero attached hydrogens (tertiary/aromatic N) is 2. The molecule has 21 heavy (non-hydrogen) atoms. The van der Waals surface area contributed by atoms with E-state index in [4.69, 9.17) is 10.7 Å². The number of benzene rings is 2. The van der Waals surface area contributed by atoms with Crippen LogP contribution in [-0.2, 0) is 13.0 Å². The molecule has 2 aromatic carbocycles. The van der Waals surface area contributed by atoms with Crippen molar-refractivity contribution < 1.29 is 0 Å². The molecular formula is C17H17N3S. The molecule has 0 bridgehead atoms. The molecule has 0 unspecified atom stereocenters. The fourth-order valence-corrected chi connectivity index (χ4v) is 3.97. The average molecular weight is 295 g/mol. The number of anilines is 2. The number of fused-ring (bicyclic) bond motifs is 2. The van der Waals surface area contributed by atoms with Crippen molar-refractivity contribution in [2.45, 2.75) is 19.4 Å². The van der Waals surface area contributed by atoms with Crippen molar-refractivity contribution in [3.63, 3.8) is 0 Å². The molecule has 2 heterocycles. The second-order valence-electron chi connectivity index (χ2n) is 5.52. The maximum atomic E-state index is 5.87. The van der Waals surface area contributed by atoms with Gasteiger partial charge >= 0.3 is 0 Å². The summed E-state index contributed by atoms with van der Waals surface area (Å²) in [5, 5.41) is 1.10. The minimum absolute atomic E-state index is 0.805. The highest BCUT2D eigenvalue weighted by Crippen LogP contribution is 2.32. The van der Waals surface area contributed by atoms with Crippen LogP contribution in [0.2, 0.25) is 0 Å². The van der Waals surface area contributed by atoms with E-state index >= 15 is 0 Å². The zero-order valence-corrected chi connectivity index (χ0v) is 12.6. The minimum Gasteiger partial charge on any atom is -0.399 e. The molecule has 0 fully saturated rings. The Kier molecular flexibility index (Phi) is 3.04. The van der Waals surface area contributed by atoms with Crippen molar-refractivity contribution in [2.24, 2.45) is 0 Å². The summed E-state index contributed by atoms with van der Waals surface area (Å²) in [6.07, 6.45) is 2.33. The third-order valence-corrected chi connectivity index (χ3v) is 5.10. The topological polar surface area (TPSA) is 42.1 Å². The molecule has 4 rings (SSSR count). The number of rotatable bonds is 1. The van der Waals surface area contributed by atoms with Gasteiger partial charge in [-0.1, -0.05) is 35.6 Å². The Morgan fingerprint density at radius 1 is 1.10 bits per heavy atom. The Morgan fingerprint density at radius 3 is 2.86 bits per heavy atom. The maximum absolute atomic E-state index is 5.87. The van der Waals surface area contributed by atoms with E-state index in [1.165, 1.54) is 22.2 Å². The van der Waals surface area contributed by atoms with Crippen molar-refractivity contribution in [3.8, 4) is 0 Å². The van der Waals surface area contributed by atoms with Gasteiger partial charge in [-0.3, -0.25) is 0 Å². The van der Waals surface area contributed by atoms with Crippen LogP contribution in [0, 0.1) is 0 Å². The van der Waals surface area contributed by atoms with Gasteiger partial charge in [0.25, 0.3) is 0 Å². The molecule has 3 nitrogen and oxygen atoms in total. The average Bonchev–Trinajstić information content (AvgIpc) is 2.78. The molecule has 1 aromatic heterocycles. The lowest BCUT2D eigenvalue weighted by atomic mass is 10.0. The van der Waals surface area contributed by atoms with Crippen LogP contribution in [0.15, 0.2) is 42.5 Å². The van der Waals surface area contributed by atoms with E-state index in [9.17, 15) is 0 Å². The Morgan fingerprint density at radius 2 is 1.95 bits per heavy atom. The Hall–Kier alpha value is -2.07. The van der Waals surface area contributed by atoms with E-state index in [1.807, 2.05) is 18.2 Å². The molecule has 0 spiro atoms. The minimum atomic E-state index is 0.805. The number of hydrogen-bond acceptors (Lipinski definition) is 4. The lowest BCUT2D eigenvalue weighted by molar-refractivity contribution is 0.764. The summed E-state index contributed by atoms with van der Waals surface area (Å²) in [4.78, 5) is 7.18. The molecule has 106 valence electrons. The number of nitrogen functional groups attached to an aromatic ring is 1. The van der Waals surface area contributed by atoms with Crippen molar-refractivity contribution in [2.75, 3.05) is 17.2 Å². The predicted octanol–water partition coefficient (Wildman–Crippen LogP) is 3.83. The second kappa shape index (κ2) is 5.04. The van der Waals surface area contributed by atoms with Crippen LogP contribution in [0.4, 0.5) is 10.8 Å². The van der Waals surface area contributed by atoms with Crippen molar-refractivity contribution >= 4 is 32.4 Å². The molecule has 2 N–H and O–H groups in total. The van der Waals surface area contributed by atoms with E-state index < -0.39 is 0 Å². The van der Waals surface area contributed by atoms with E-state index in [1.54, 1.807) is 11.3 Å². The fourth-order valence-electron chi connectivity index (χ4n) is 2.93. The molecular weight excluding hydrogens is 278 g/mol. The largest absolute Gasteiger partial charge is 0.399 e. The van der Waals surface area contributed by atoms with E-state index in [0.29, 0.717) is 0 Å². The monoisotopic (exact) mass is 295 g/mol. The van der Waals surface area contributed by atoms with Crippen LogP contribution >= 0.6 is 11.3 Å². The number of aryl methyl sites for hydroxylation is 1. The number of thiazole rings is 1. The SMILES string of the molecule is Nc1ccc2nc(N3CCCc4ccccc4C3)sc2c1. The lowest BCUT2D eigenvalue weighted by Gasteiger charge is -2.19. The number of nitrogens with two attached hydrogens (primary N) is 1. The molecule has 0 atom stereocenters. The Balaban J connectivity index is 1.71. The van der Waals surface area contributed by atoms with Crippen LogP contribution in [0.3, 0.4) is 0 Å². The van der Waals surface area contributed by atoms with Gasteiger partial charge in [-0.25, -0.2) is 4.98 Å². The molecule has 4 heteroatoms. The summed E-state index contributed by atoms with van der Waals surface area (Å²) in [6.45, 7) is 2.01. The van der Waals surface area contributed by atoms with Gasteiger partial charge in [0, 0.05) is 18.8 Å². The van der Waals surface area contributed by atoms with Gasteiger partial charge in [0.15, 0.2) is 5.13 Å². The zero-order chi connectivity index (χ0) is 14.2. The summed E-state index contributed by atoms with van der Waals surface area (Å²) < 4.78 is 1.17. The summed E-state index contributed by atoms with van der Waals surface area (Å²) in [5.41, 5.74) is 10.6. The molecule has 0 saturated heterocycles. The molecule has 0 aliphatic carbocycles. The molecule has 3 aromatic rings. The van der Waals surface area contributed by atoms with E-state index in [0.717, 1.165) is 35.8 Å². The van der Waals surface area contributed by atoms with E-state index in [2.05, 4.69) is 29.2 Å². The molecule has 1 aliphatic heterocycles. The standard InChI is InChI=1S/C17H17N3S/c18-14-7-8-15-16(10-14)21-17(19-15)20-9-3-6-12-4-1-2-5-13(12)11-20/h1-2,4-5,7-8,10H,3,6,9,11,18H2. The van der Waals surface area contributed by atoms with Crippen LogP contribution in [-0.4, -0.2) is 11.5 Å². The van der Waals surface area contributed by atoms with Gasteiger partial charge in [0.2, 0.25) is 0 Å². The van der Waals surface area contributed by atoms with Gasteiger partial charge < -0.3 is 10.6 Å². The summed E-state index contributed by atoms with van der Waals surface area (Å²) in [6, 6.07) is 14.7. The third kappa shape index (κ3) is 2.36. The third-order valence-electron chi connectivity index (χ3n) is 4.03. The Bertz CT molecular complexity index is 794. The molecule has 0 saturated carbocycles. The van der Waals surface area contributed by atoms with Crippen molar-refractivity contribution in [1.82, 2.24) is 4.98 Å². The van der Waals surface area contributed by atoms with Crippen LogP contribution in [0.25, 0.3) is 10.2 Å². The van der Waals surface area contributed by atoms with Crippen LogP contribution < -0.4 is 10.6 Å². The first-order valence-corrected chi connectivity index (χ1v) is 8.09. The van der Waals surface area contributed by atoms with Crippen LogP contribution in [0.5, 0.6) is 0 Å². The van der Waals surface area contributed by atoms with Crippen LogP contribution in [0.1, 0.15) is 17.5 Å². The van der Waals surface area contributed by atoms with Gasteiger partial charge in [0.05, 0.1) is 10.2 Å². The summed E-state index contributed by atoms with van der Waals surface area (Å²) in [7, 11) is 0. The number of hydrogen-bond donors (Lipinski definition) is 1. The first-order valence-electron chi connectivity index (χ1n) is 7.27. The van der Waals surface area contributed by atoms with Crippen molar-refractivity contribution in [3.05, 3.63) is 53.6 Å². The summed E-state index contributed by atoms with van der Waals surface area (Å²) >= 11 is 1.74. The molecule has 0 amide bonds. The zero-order valence-electron chi connectivity index (χ0n) is 11.7. The fraction of sp³-hybridized carbons (Fsp3) is 0.235. The van der Waals surface area contributed by atoms with Gasteiger partial charge in [-0.2, -0.15) is 0 Å². The van der Waals surface area contributed by atoms with Gasteiger partial charge in [-0.15, -0.1) is 0 Å². The maximum Gasteiger partial charge on any atom is 0.186 e. The van der Waals surface area contributed by atoms with Gasteiger partial charge in [-0.05, 0) is 42.2 Å². The quantitative estimate of drug-likeness (QED) is 0.694. The molecule has 1 aliphatic rings. The lowest BCUT2D eigenvalue weighted by Crippen LogP contribution is -2.22. The first kappa shape index (κ1) is 12.7. The first-order chi connectivity index (χ1) is 10.3. The Labute approximate surface area is 128 Å². The second-order valence-corrected chi connectivity index (χ2v) is 6.53. The predicted molar refractivity (Wildman–Crippen MR) is 89.8 cm³/mol. The summed E-state index contributed by atoms with van der Waals surface area (Å²) in [5.74, 6) is 0. The smallest absolute Gasteiger partial charge is 0.186 e. The normalized spacial score (nSPS) is 15.0. The van der Waals surface area contributed by atoms with Crippen molar-refractivity contribution in [1.29, 1.82) is 0 Å². The highest BCUT2D eigenvalue weighted by atomic mass is 32.1.